The average molecular weight is 290 g/mol. The van der Waals surface area contributed by atoms with E-state index in [1.165, 1.54) is 11.1 Å². The summed E-state index contributed by atoms with van der Waals surface area (Å²) in [5.41, 5.74) is 3.55. The fourth-order valence-corrected chi connectivity index (χ4v) is 3.73. The monoisotopic (exact) mass is 290 g/mol. The van der Waals surface area contributed by atoms with E-state index >= 15 is 0 Å². The van der Waals surface area contributed by atoms with Crippen LogP contribution in [-0.2, 0) is 14.3 Å². The highest BCUT2D eigenvalue weighted by Crippen LogP contribution is 2.54. The van der Waals surface area contributed by atoms with Crippen LogP contribution in [0.1, 0.15) is 59.3 Å². The average Bonchev–Trinajstić information content (AvgIpc) is 2.75. The highest BCUT2D eigenvalue weighted by molar-refractivity contribution is 6.06. The minimum absolute atomic E-state index is 0.0328. The van der Waals surface area contributed by atoms with Crippen molar-refractivity contribution in [2.24, 2.45) is 11.3 Å². The van der Waals surface area contributed by atoms with Gasteiger partial charge >= 0.3 is 5.97 Å². The van der Waals surface area contributed by atoms with E-state index in [9.17, 15) is 9.59 Å². The van der Waals surface area contributed by atoms with Gasteiger partial charge in [-0.05, 0) is 62.9 Å². The summed E-state index contributed by atoms with van der Waals surface area (Å²) in [6.45, 7) is 10.5. The summed E-state index contributed by atoms with van der Waals surface area (Å²) in [6.07, 6.45) is 4.96. The molecule has 2 rings (SSSR count). The molecule has 2 aliphatic carbocycles. The van der Waals surface area contributed by atoms with Crippen molar-refractivity contribution in [3.05, 3.63) is 23.3 Å². The normalized spacial score (nSPS) is 28.2. The molecular weight excluding hydrogens is 264 g/mol. The first-order valence-electron chi connectivity index (χ1n) is 7.94. The van der Waals surface area contributed by atoms with Gasteiger partial charge in [0, 0.05) is 0 Å². The summed E-state index contributed by atoms with van der Waals surface area (Å²) in [6, 6.07) is 0. The minimum Gasteiger partial charge on any atom is -0.466 e. The van der Waals surface area contributed by atoms with E-state index < -0.39 is 5.97 Å². The van der Waals surface area contributed by atoms with E-state index in [0.29, 0.717) is 12.5 Å². The van der Waals surface area contributed by atoms with Crippen molar-refractivity contribution in [2.75, 3.05) is 6.61 Å². The molecule has 2 atom stereocenters. The number of esters is 1. The van der Waals surface area contributed by atoms with Gasteiger partial charge in [-0.15, -0.1) is 0 Å². The van der Waals surface area contributed by atoms with Crippen LogP contribution in [0, 0.1) is 11.3 Å². The van der Waals surface area contributed by atoms with Crippen molar-refractivity contribution in [3.63, 3.8) is 0 Å². The number of hydrogen-bond donors (Lipinski definition) is 0. The van der Waals surface area contributed by atoms with Gasteiger partial charge in [0.1, 0.15) is 6.42 Å². The lowest BCUT2D eigenvalue weighted by Crippen LogP contribution is -2.26. The Labute approximate surface area is 127 Å². The van der Waals surface area contributed by atoms with Gasteiger partial charge in [-0.25, -0.2) is 0 Å². The van der Waals surface area contributed by atoms with E-state index in [0.717, 1.165) is 37.7 Å². The highest BCUT2D eigenvalue weighted by atomic mass is 16.5. The highest BCUT2D eigenvalue weighted by Gasteiger charge is 2.42. The molecule has 0 saturated heterocycles. The summed E-state index contributed by atoms with van der Waals surface area (Å²) in [4.78, 5) is 24.0. The zero-order valence-electron chi connectivity index (χ0n) is 13.5. The van der Waals surface area contributed by atoms with Crippen LogP contribution in [0.5, 0.6) is 0 Å². The second-order valence-electron chi connectivity index (χ2n) is 6.71. The second-order valence-corrected chi connectivity index (χ2v) is 6.71. The number of allylic oxidation sites excluding steroid dienone is 3. The molecular formula is C18H26O3. The van der Waals surface area contributed by atoms with Crippen LogP contribution in [0.25, 0.3) is 0 Å². The van der Waals surface area contributed by atoms with E-state index in [1.807, 2.05) is 0 Å². The Hall–Kier alpha value is -1.38. The maximum Gasteiger partial charge on any atom is 0.313 e. The van der Waals surface area contributed by atoms with Crippen LogP contribution in [-0.4, -0.2) is 18.4 Å². The van der Waals surface area contributed by atoms with Crippen molar-refractivity contribution < 1.29 is 14.3 Å². The Morgan fingerprint density at radius 1 is 1.38 bits per heavy atom. The van der Waals surface area contributed by atoms with Gasteiger partial charge in [0.05, 0.1) is 6.61 Å². The van der Waals surface area contributed by atoms with Crippen LogP contribution < -0.4 is 0 Å². The molecule has 0 amide bonds. The fraction of sp³-hybridized carbons (Fsp3) is 0.667. The maximum atomic E-state index is 12.4. The van der Waals surface area contributed by atoms with Gasteiger partial charge < -0.3 is 4.74 Å². The van der Waals surface area contributed by atoms with Crippen LogP contribution in [0.2, 0.25) is 0 Å². The summed E-state index contributed by atoms with van der Waals surface area (Å²) < 4.78 is 4.90. The van der Waals surface area contributed by atoms with Gasteiger partial charge in [0.25, 0.3) is 0 Å². The van der Waals surface area contributed by atoms with Gasteiger partial charge in [-0.1, -0.05) is 24.6 Å². The van der Waals surface area contributed by atoms with E-state index in [2.05, 4.69) is 20.4 Å². The molecule has 116 valence electrons. The number of ether oxygens (including phenoxy) is 1. The number of carbonyl (C=O) groups is 2. The molecule has 3 nitrogen and oxygen atoms in total. The Morgan fingerprint density at radius 3 is 2.71 bits per heavy atom. The molecule has 2 aliphatic rings. The molecule has 0 aromatic heterocycles. The van der Waals surface area contributed by atoms with Gasteiger partial charge in [-0.2, -0.15) is 0 Å². The SMILES string of the molecule is C=C(C)[C@@H]1CC[C@@]2(C)CCC(C(=O)CC(=O)OCC)=C2C1. The first kappa shape index (κ1) is 16.0. The molecule has 1 saturated carbocycles. The van der Waals surface area contributed by atoms with Crippen LogP contribution in [0.15, 0.2) is 23.3 Å². The molecule has 0 N–H and O–H groups in total. The molecule has 0 aromatic rings. The van der Waals surface area contributed by atoms with Gasteiger partial charge in [0.2, 0.25) is 0 Å². The Morgan fingerprint density at radius 2 is 2.10 bits per heavy atom. The van der Waals surface area contributed by atoms with E-state index in [1.54, 1.807) is 6.92 Å². The first-order valence-corrected chi connectivity index (χ1v) is 7.94. The van der Waals surface area contributed by atoms with Crippen molar-refractivity contribution in [1.82, 2.24) is 0 Å². The maximum absolute atomic E-state index is 12.4. The van der Waals surface area contributed by atoms with Gasteiger partial charge in [0.15, 0.2) is 5.78 Å². The standard InChI is InChI=1S/C18H26O3/c1-5-21-17(20)11-16(19)14-7-9-18(4)8-6-13(12(2)3)10-15(14)18/h13H,2,5-11H2,1,3-4H3/t13-,18+/m1/s1. The summed E-state index contributed by atoms with van der Waals surface area (Å²) in [7, 11) is 0. The lowest BCUT2D eigenvalue weighted by molar-refractivity contribution is -0.144. The predicted molar refractivity (Wildman–Crippen MR) is 82.8 cm³/mol. The number of ketones is 1. The molecule has 0 spiro atoms. The van der Waals surface area contributed by atoms with Crippen LogP contribution >= 0.6 is 0 Å². The molecule has 1 fully saturated rings. The first-order chi connectivity index (χ1) is 9.87. The number of rotatable bonds is 5. The lowest BCUT2D eigenvalue weighted by Gasteiger charge is -2.37. The van der Waals surface area contributed by atoms with Crippen molar-refractivity contribution in [3.8, 4) is 0 Å². The molecule has 0 radical (unpaired) electrons. The number of hydrogen-bond acceptors (Lipinski definition) is 3. The van der Waals surface area contributed by atoms with Crippen molar-refractivity contribution in [2.45, 2.75) is 59.3 Å². The third-order valence-corrected chi connectivity index (χ3v) is 5.16. The molecule has 0 bridgehead atoms. The molecule has 21 heavy (non-hydrogen) atoms. The Balaban J connectivity index is 2.18. The fourth-order valence-electron chi connectivity index (χ4n) is 3.73. The van der Waals surface area contributed by atoms with Gasteiger partial charge in [-0.3, -0.25) is 9.59 Å². The Bertz CT molecular complexity index is 501. The molecule has 0 aliphatic heterocycles. The van der Waals surface area contributed by atoms with E-state index in [-0.39, 0.29) is 17.6 Å². The van der Waals surface area contributed by atoms with Crippen molar-refractivity contribution >= 4 is 11.8 Å². The van der Waals surface area contributed by atoms with Crippen molar-refractivity contribution in [1.29, 1.82) is 0 Å². The zero-order chi connectivity index (χ0) is 15.6. The molecule has 0 heterocycles. The molecule has 0 unspecified atom stereocenters. The quantitative estimate of drug-likeness (QED) is 0.437. The number of carbonyl (C=O) groups excluding carboxylic acids is 2. The summed E-state index contributed by atoms with van der Waals surface area (Å²) >= 11 is 0. The molecule has 0 aromatic carbocycles. The van der Waals surface area contributed by atoms with Crippen LogP contribution in [0.3, 0.4) is 0 Å². The lowest BCUT2D eigenvalue weighted by atomic mass is 9.67. The smallest absolute Gasteiger partial charge is 0.313 e. The number of Topliss-reactive ketones (excluding diaryl/α,β-unsaturated/α-hetero) is 1. The predicted octanol–water partition coefficient (Wildman–Crippen LogP) is 3.98. The Kier molecular flexibility index (Phi) is 4.70. The largest absolute Gasteiger partial charge is 0.466 e. The summed E-state index contributed by atoms with van der Waals surface area (Å²) in [5.74, 6) is 0.0440. The summed E-state index contributed by atoms with van der Waals surface area (Å²) in [5, 5.41) is 0. The zero-order valence-corrected chi connectivity index (χ0v) is 13.5. The minimum atomic E-state index is -0.406. The third-order valence-electron chi connectivity index (χ3n) is 5.16. The third kappa shape index (κ3) is 3.28. The van der Waals surface area contributed by atoms with Crippen LogP contribution in [0.4, 0.5) is 0 Å². The topological polar surface area (TPSA) is 43.4 Å². The molecule has 3 heteroatoms. The number of fused-ring (bicyclic) bond motifs is 1. The second kappa shape index (κ2) is 6.17. The van der Waals surface area contributed by atoms with E-state index in [4.69, 9.17) is 4.74 Å².